The molecule has 2 aromatic heterocycles. The Balaban J connectivity index is 1.40. The highest BCUT2D eigenvalue weighted by molar-refractivity contribution is 7.99. The van der Waals surface area contributed by atoms with Gasteiger partial charge in [0.05, 0.1) is 17.4 Å². The Hall–Kier alpha value is -2.26. The van der Waals surface area contributed by atoms with Crippen LogP contribution >= 0.6 is 23.4 Å². The van der Waals surface area contributed by atoms with Crippen molar-refractivity contribution in [3.63, 3.8) is 0 Å². The molecule has 0 unspecified atom stereocenters. The molecule has 2 fully saturated rings. The van der Waals surface area contributed by atoms with Crippen molar-refractivity contribution in [3.8, 4) is 0 Å². The molecule has 1 amide bonds. The van der Waals surface area contributed by atoms with E-state index in [1.807, 2.05) is 31.7 Å². The number of pyridine rings is 1. The number of piperidine rings is 2. The summed E-state index contributed by atoms with van der Waals surface area (Å²) in [5.41, 5.74) is 5.17. The van der Waals surface area contributed by atoms with Crippen molar-refractivity contribution in [2.75, 3.05) is 30.3 Å². The van der Waals surface area contributed by atoms with Crippen molar-refractivity contribution in [2.24, 2.45) is 0 Å². The van der Waals surface area contributed by atoms with E-state index in [1.54, 1.807) is 18.6 Å². The molecule has 0 bridgehead atoms. The number of aromatic nitrogens is 3. The number of amides is 1. The van der Waals surface area contributed by atoms with Gasteiger partial charge in [0.2, 0.25) is 0 Å². The number of hydrogen-bond donors (Lipinski definition) is 1. The van der Waals surface area contributed by atoms with Gasteiger partial charge in [-0.15, -0.1) is 0 Å². The molecule has 4 rings (SSSR count). The summed E-state index contributed by atoms with van der Waals surface area (Å²) < 4.78 is 5.72. The number of carbonyl (C=O) groups is 1. The summed E-state index contributed by atoms with van der Waals surface area (Å²) >= 11 is 7.64. The number of likely N-dealkylation sites (tertiary alicyclic amines) is 1. The smallest absolute Gasteiger partial charge is 0.410 e. The zero-order valence-electron chi connectivity index (χ0n) is 19.4. The molecule has 0 aliphatic carbocycles. The lowest BCUT2D eigenvalue weighted by atomic mass is 9.79. The number of hydrogen-bond acceptors (Lipinski definition) is 8. The van der Waals surface area contributed by atoms with Gasteiger partial charge in [-0.1, -0.05) is 23.4 Å². The molecule has 178 valence electrons. The third kappa shape index (κ3) is 5.46. The second kappa shape index (κ2) is 9.54. The van der Waals surface area contributed by atoms with Gasteiger partial charge in [0, 0.05) is 36.3 Å². The molecule has 0 saturated carbocycles. The molecule has 33 heavy (non-hydrogen) atoms. The minimum atomic E-state index is -0.488. The number of nitrogens with two attached hydrogens (primary N) is 1. The van der Waals surface area contributed by atoms with Crippen LogP contribution in [0.25, 0.3) is 0 Å². The van der Waals surface area contributed by atoms with Gasteiger partial charge in [-0.05, 0) is 58.9 Å². The molecule has 2 aliphatic rings. The van der Waals surface area contributed by atoms with E-state index in [9.17, 15) is 4.79 Å². The maximum atomic E-state index is 12.9. The van der Waals surface area contributed by atoms with Crippen LogP contribution in [0.15, 0.2) is 34.6 Å². The molecular formula is C23H31ClN6O2S. The van der Waals surface area contributed by atoms with Crippen LogP contribution in [0.1, 0.15) is 52.9 Å². The van der Waals surface area contributed by atoms with E-state index < -0.39 is 5.60 Å². The highest BCUT2D eigenvalue weighted by Crippen LogP contribution is 2.39. The number of anilines is 2. The maximum Gasteiger partial charge on any atom is 0.410 e. The van der Waals surface area contributed by atoms with Crippen LogP contribution in [0, 0.1) is 0 Å². The first-order valence-electron chi connectivity index (χ1n) is 11.3. The SMILES string of the molecule is CC(C)(C)OC(=O)N1CCCCC12CCN(c1cnc(Sc3ccnc(N)c3Cl)cn1)CC2. The average Bonchev–Trinajstić information content (AvgIpc) is 2.77. The van der Waals surface area contributed by atoms with E-state index in [1.165, 1.54) is 11.8 Å². The lowest BCUT2D eigenvalue weighted by Gasteiger charge is -2.51. The third-order valence-corrected chi connectivity index (χ3v) is 7.68. The normalized spacial score (nSPS) is 18.4. The number of ether oxygens (including phenoxy) is 1. The van der Waals surface area contributed by atoms with Crippen molar-refractivity contribution < 1.29 is 9.53 Å². The maximum absolute atomic E-state index is 12.9. The first-order valence-corrected chi connectivity index (χ1v) is 12.5. The molecule has 8 nitrogen and oxygen atoms in total. The second-order valence-corrected chi connectivity index (χ2v) is 11.1. The largest absolute Gasteiger partial charge is 0.444 e. The number of halogens is 1. The van der Waals surface area contributed by atoms with Gasteiger partial charge in [0.25, 0.3) is 0 Å². The van der Waals surface area contributed by atoms with Crippen molar-refractivity contribution >= 4 is 41.1 Å². The van der Waals surface area contributed by atoms with Gasteiger partial charge in [-0.3, -0.25) is 0 Å². The minimum Gasteiger partial charge on any atom is -0.444 e. The van der Waals surface area contributed by atoms with E-state index >= 15 is 0 Å². The fourth-order valence-electron chi connectivity index (χ4n) is 4.53. The molecule has 2 aliphatic heterocycles. The standard InChI is InChI=1S/C23H31ClN6O2S/c1-22(2,3)32-21(31)30-11-5-4-7-23(30)8-12-29(13-9-23)17-14-28-18(15-27-17)33-16-6-10-26-20(25)19(16)24/h6,10,14-15H,4-5,7-9,11-13H2,1-3H3,(H2,25,26). The summed E-state index contributed by atoms with van der Waals surface area (Å²) in [5, 5.41) is 1.17. The number of nitrogens with zero attached hydrogens (tertiary/aromatic N) is 5. The first-order chi connectivity index (χ1) is 15.7. The van der Waals surface area contributed by atoms with Crippen molar-refractivity contribution in [1.29, 1.82) is 0 Å². The summed E-state index contributed by atoms with van der Waals surface area (Å²) in [6.45, 7) is 8.18. The number of nitrogen functional groups attached to an aromatic ring is 1. The Morgan fingerprint density at radius 1 is 1.12 bits per heavy atom. The quantitative estimate of drug-likeness (QED) is 0.640. The Labute approximate surface area is 204 Å². The van der Waals surface area contributed by atoms with Gasteiger partial charge in [-0.2, -0.15) is 0 Å². The van der Waals surface area contributed by atoms with Gasteiger partial charge in [-0.25, -0.2) is 19.7 Å². The van der Waals surface area contributed by atoms with Crippen LogP contribution in [0.2, 0.25) is 5.02 Å². The van der Waals surface area contributed by atoms with E-state index in [0.29, 0.717) is 10.8 Å². The lowest BCUT2D eigenvalue weighted by molar-refractivity contribution is -0.0232. The van der Waals surface area contributed by atoms with Crippen LogP contribution < -0.4 is 10.6 Å². The topological polar surface area (TPSA) is 97.5 Å². The van der Waals surface area contributed by atoms with Gasteiger partial charge in [0.1, 0.15) is 22.3 Å². The Bertz CT molecular complexity index is 989. The number of rotatable bonds is 3. The van der Waals surface area contributed by atoms with E-state index in [-0.39, 0.29) is 11.6 Å². The Kier molecular flexibility index (Phi) is 6.91. The van der Waals surface area contributed by atoms with Crippen molar-refractivity contribution in [1.82, 2.24) is 19.9 Å². The predicted octanol–water partition coefficient (Wildman–Crippen LogP) is 5.02. The highest BCUT2D eigenvalue weighted by Gasteiger charge is 2.45. The summed E-state index contributed by atoms with van der Waals surface area (Å²) in [6.07, 6.45) is 9.99. The summed E-state index contributed by atoms with van der Waals surface area (Å²) in [7, 11) is 0. The highest BCUT2D eigenvalue weighted by atomic mass is 35.5. The molecule has 10 heteroatoms. The van der Waals surface area contributed by atoms with Crippen LogP contribution in [0.4, 0.5) is 16.4 Å². The molecule has 2 aromatic rings. The van der Waals surface area contributed by atoms with Crippen LogP contribution in [0.5, 0.6) is 0 Å². The lowest BCUT2D eigenvalue weighted by Crippen LogP contribution is -2.60. The summed E-state index contributed by atoms with van der Waals surface area (Å²) in [6, 6.07) is 1.81. The molecule has 2 saturated heterocycles. The first kappa shape index (κ1) is 23.9. The zero-order chi connectivity index (χ0) is 23.6. The molecule has 0 atom stereocenters. The fraction of sp³-hybridized carbons (Fsp3) is 0.565. The van der Waals surface area contributed by atoms with Crippen LogP contribution in [-0.2, 0) is 4.74 Å². The third-order valence-electron chi connectivity index (χ3n) is 6.19. The zero-order valence-corrected chi connectivity index (χ0v) is 21.0. The molecular weight excluding hydrogens is 460 g/mol. The Morgan fingerprint density at radius 3 is 2.55 bits per heavy atom. The van der Waals surface area contributed by atoms with Gasteiger partial charge in [0.15, 0.2) is 0 Å². The molecule has 1 spiro atoms. The predicted molar refractivity (Wildman–Crippen MR) is 131 cm³/mol. The molecule has 0 radical (unpaired) electrons. The second-order valence-electron chi connectivity index (χ2n) is 9.62. The van der Waals surface area contributed by atoms with E-state index in [4.69, 9.17) is 22.1 Å². The van der Waals surface area contributed by atoms with Gasteiger partial charge < -0.3 is 20.3 Å². The Morgan fingerprint density at radius 2 is 1.88 bits per heavy atom. The van der Waals surface area contributed by atoms with Crippen molar-refractivity contribution in [2.45, 2.75) is 73.9 Å². The average molecular weight is 491 g/mol. The summed E-state index contributed by atoms with van der Waals surface area (Å²) in [5.74, 6) is 1.14. The summed E-state index contributed by atoms with van der Waals surface area (Å²) in [4.78, 5) is 31.1. The molecule has 4 heterocycles. The van der Waals surface area contributed by atoms with E-state index in [2.05, 4.69) is 19.9 Å². The fourth-order valence-corrected chi connectivity index (χ4v) is 5.51. The number of carbonyl (C=O) groups excluding carboxylic acids is 1. The molecule has 0 aromatic carbocycles. The van der Waals surface area contributed by atoms with Crippen LogP contribution in [0.3, 0.4) is 0 Å². The minimum absolute atomic E-state index is 0.127. The molecule has 2 N–H and O–H groups in total. The monoisotopic (exact) mass is 490 g/mol. The van der Waals surface area contributed by atoms with Crippen molar-refractivity contribution in [3.05, 3.63) is 29.7 Å². The van der Waals surface area contributed by atoms with Crippen LogP contribution in [-0.4, -0.2) is 56.7 Å². The van der Waals surface area contributed by atoms with E-state index in [0.717, 1.165) is 67.5 Å². The van der Waals surface area contributed by atoms with Gasteiger partial charge >= 0.3 is 6.09 Å².